The molecule has 0 aromatic heterocycles. The van der Waals surface area contributed by atoms with E-state index in [-0.39, 0.29) is 11.7 Å². The van der Waals surface area contributed by atoms with E-state index in [2.05, 4.69) is 11.0 Å². The number of aliphatic carboxylic acids is 1. The van der Waals surface area contributed by atoms with Crippen molar-refractivity contribution in [3.05, 3.63) is 42.0 Å². The number of benzene rings is 2. The lowest BCUT2D eigenvalue weighted by Gasteiger charge is -2.36. The van der Waals surface area contributed by atoms with Gasteiger partial charge < -0.3 is 10.2 Å². The summed E-state index contributed by atoms with van der Waals surface area (Å²) in [7, 11) is 0. The monoisotopic (exact) mass is 339 g/mol. The molecule has 2 unspecified atom stereocenters. The maximum absolute atomic E-state index is 10.7. The third-order valence-corrected chi connectivity index (χ3v) is 5.82. The van der Waals surface area contributed by atoms with Gasteiger partial charge in [-0.1, -0.05) is 37.5 Å². The highest BCUT2D eigenvalue weighted by Gasteiger charge is 2.40. The molecule has 1 saturated heterocycles. The smallest absolute Gasteiger partial charge is 0.309 e. The number of phenolic OH excluding ortho intramolecular Hbond substituents is 1. The topological polar surface area (TPSA) is 60.8 Å². The molecule has 1 aliphatic heterocycles. The average molecular weight is 339 g/mol. The number of likely N-dealkylation sites (tertiary alicyclic amines) is 1. The number of hydrogen-bond donors (Lipinski definition) is 2. The summed E-state index contributed by atoms with van der Waals surface area (Å²) in [5.74, 6) is 1.78. The molecule has 0 radical (unpaired) electrons. The van der Waals surface area contributed by atoms with Crippen LogP contribution < -0.4 is 0 Å². The number of nitrogens with zero attached hydrogens (tertiary/aromatic N) is 1. The summed E-state index contributed by atoms with van der Waals surface area (Å²) in [5, 5.41) is 20.3. The average Bonchev–Trinajstić information content (AvgIpc) is 3.16. The number of hydrogen-bond acceptors (Lipinski definition) is 3. The number of carboxylic acid groups (broad SMARTS) is 1. The third kappa shape index (κ3) is 3.79. The van der Waals surface area contributed by atoms with Crippen LogP contribution in [0.25, 0.3) is 10.8 Å². The second kappa shape index (κ2) is 6.68. The first kappa shape index (κ1) is 16.4. The van der Waals surface area contributed by atoms with E-state index in [1.165, 1.54) is 23.8 Å². The summed E-state index contributed by atoms with van der Waals surface area (Å²) in [6.07, 6.45) is 6.24. The maximum Gasteiger partial charge on any atom is 0.309 e. The van der Waals surface area contributed by atoms with Crippen molar-refractivity contribution in [2.24, 2.45) is 17.8 Å². The highest BCUT2D eigenvalue weighted by molar-refractivity contribution is 5.84. The second-order valence-corrected chi connectivity index (χ2v) is 7.78. The Morgan fingerprint density at radius 2 is 1.72 bits per heavy atom. The molecule has 1 heterocycles. The number of rotatable bonds is 3. The van der Waals surface area contributed by atoms with Crippen LogP contribution in [0, 0.1) is 17.8 Å². The Bertz CT molecular complexity index is 774. The molecule has 0 amide bonds. The van der Waals surface area contributed by atoms with E-state index in [4.69, 9.17) is 5.11 Å². The van der Waals surface area contributed by atoms with Crippen molar-refractivity contribution in [3.63, 3.8) is 0 Å². The van der Waals surface area contributed by atoms with Crippen LogP contribution in [0.3, 0.4) is 0 Å². The molecule has 3 fully saturated rings. The van der Waals surface area contributed by atoms with Crippen molar-refractivity contribution in [1.82, 2.24) is 4.90 Å². The van der Waals surface area contributed by atoms with Crippen molar-refractivity contribution < 1.29 is 15.0 Å². The molecular formula is C21H25NO3. The third-order valence-electron chi connectivity index (χ3n) is 5.82. The van der Waals surface area contributed by atoms with Crippen molar-refractivity contribution in [2.45, 2.75) is 32.2 Å². The van der Waals surface area contributed by atoms with Crippen LogP contribution in [-0.2, 0) is 11.3 Å². The molecule has 4 heteroatoms. The van der Waals surface area contributed by atoms with Crippen LogP contribution in [-0.4, -0.2) is 34.2 Å². The molecule has 2 aliphatic carbocycles. The van der Waals surface area contributed by atoms with Crippen molar-refractivity contribution in [2.75, 3.05) is 13.1 Å². The molecule has 132 valence electrons. The molecule has 4 nitrogen and oxygen atoms in total. The van der Waals surface area contributed by atoms with E-state index in [1.54, 1.807) is 31.4 Å². The van der Waals surface area contributed by atoms with E-state index in [9.17, 15) is 9.90 Å². The zero-order valence-electron chi connectivity index (χ0n) is 14.4. The van der Waals surface area contributed by atoms with E-state index in [0.29, 0.717) is 13.1 Å². The van der Waals surface area contributed by atoms with Crippen LogP contribution in [0.2, 0.25) is 0 Å². The molecule has 2 saturated carbocycles. The number of fused-ring (bicyclic) bond motifs is 2. The fourth-order valence-electron chi connectivity index (χ4n) is 4.15. The first-order valence-corrected chi connectivity index (χ1v) is 9.25. The predicted octanol–water partition coefficient (Wildman–Crippen LogP) is 3.87. The first-order chi connectivity index (χ1) is 12.1. The molecule has 0 bridgehead atoms. The zero-order chi connectivity index (χ0) is 17.4. The highest BCUT2D eigenvalue weighted by atomic mass is 16.4. The largest absolute Gasteiger partial charge is 0.508 e. The lowest BCUT2D eigenvalue weighted by molar-refractivity contribution is -0.147. The summed E-state index contributed by atoms with van der Waals surface area (Å²) in [5.41, 5.74) is 1.17. The molecule has 2 atom stereocenters. The van der Waals surface area contributed by atoms with E-state index in [1.807, 2.05) is 18.2 Å². The molecule has 5 rings (SSSR count). The highest BCUT2D eigenvalue weighted by Crippen LogP contribution is 2.51. The van der Waals surface area contributed by atoms with Gasteiger partial charge in [-0.25, -0.2) is 0 Å². The van der Waals surface area contributed by atoms with Crippen molar-refractivity contribution in [3.8, 4) is 5.75 Å². The van der Waals surface area contributed by atoms with Crippen LogP contribution in [0.1, 0.15) is 31.2 Å². The van der Waals surface area contributed by atoms with E-state index >= 15 is 0 Å². The van der Waals surface area contributed by atoms with Gasteiger partial charge in [0.1, 0.15) is 5.75 Å². The van der Waals surface area contributed by atoms with Gasteiger partial charge in [0, 0.05) is 19.6 Å². The van der Waals surface area contributed by atoms with Crippen LogP contribution >= 0.6 is 0 Å². The SMILES string of the molecule is C1CC2CC2C1.O=C(O)C1CN(Cc2ccc3cc(O)ccc3c2)C1. The predicted molar refractivity (Wildman–Crippen MR) is 97.5 cm³/mol. The summed E-state index contributed by atoms with van der Waals surface area (Å²) < 4.78 is 0. The lowest BCUT2D eigenvalue weighted by Crippen LogP contribution is -2.49. The standard InChI is InChI=1S/C15H15NO3.C6H10/c17-14-4-3-11-5-10(1-2-12(11)6-14)7-16-8-13(9-16)15(18)19;1-2-5-4-6(5)3-1/h1-6,13,17H,7-9H2,(H,18,19);5-6H,1-4H2. The Balaban J connectivity index is 0.000000217. The first-order valence-electron chi connectivity index (χ1n) is 9.25. The van der Waals surface area contributed by atoms with Gasteiger partial charge in [0.15, 0.2) is 0 Å². The Morgan fingerprint density at radius 3 is 2.32 bits per heavy atom. The van der Waals surface area contributed by atoms with Gasteiger partial charge in [-0.15, -0.1) is 0 Å². The minimum absolute atomic E-state index is 0.211. The fraction of sp³-hybridized carbons (Fsp3) is 0.476. The van der Waals surface area contributed by atoms with E-state index < -0.39 is 5.97 Å². The number of aromatic hydroxyl groups is 1. The fourth-order valence-corrected chi connectivity index (χ4v) is 4.15. The van der Waals surface area contributed by atoms with Crippen LogP contribution in [0.4, 0.5) is 0 Å². The van der Waals surface area contributed by atoms with Crippen molar-refractivity contribution in [1.29, 1.82) is 0 Å². The molecule has 3 aliphatic rings. The molecule has 2 aromatic carbocycles. The van der Waals surface area contributed by atoms with Gasteiger partial charge in [0.25, 0.3) is 0 Å². The van der Waals surface area contributed by atoms with Crippen molar-refractivity contribution >= 4 is 16.7 Å². The lowest BCUT2D eigenvalue weighted by atomic mass is 9.99. The van der Waals surface area contributed by atoms with Crippen LogP contribution in [0.15, 0.2) is 36.4 Å². The normalized spacial score (nSPS) is 25.0. The Hall–Kier alpha value is -2.07. The minimum Gasteiger partial charge on any atom is -0.508 e. The summed E-state index contributed by atoms with van der Waals surface area (Å²) in [4.78, 5) is 12.9. The Morgan fingerprint density at radius 1 is 1.04 bits per heavy atom. The number of carboxylic acids is 1. The second-order valence-electron chi connectivity index (χ2n) is 7.78. The summed E-state index contributed by atoms with van der Waals surface area (Å²) >= 11 is 0. The summed E-state index contributed by atoms with van der Waals surface area (Å²) in [6.45, 7) is 2.03. The summed E-state index contributed by atoms with van der Waals surface area (Å²) in [6, 6.07) is 11.4. The molecule has 2 N–H and O–H groups in total. The molecule has 0 spiro atoms. The Labute approximate surface area is 148 Å². The quantitative estimate of drug-likeness (QED) is 0.891. The minimum atomic E-state index is -0.703. The van der Waals surface area contributed by atoms with Gasteiger partial charge in [0.2, 0.25) is 0 Å². The van der Waals surface area contributed by atoms with Gasteiger partial charge in [-0.2, -0.15) is 0 Å². The number of phenols is 1. The van der Waals surface area contributed by atoms with E-state index in [0.717, 1.165) is 17.3 Å². The van der Waals surface area contributed by atoms with Gasteiger partial charge in [0.05, 0.1) is 5.92 Å². The van der Waals surface area contributed by atoms with Gasteiger partial charge >= 0.3 is 5.97 Å². The van der Waals surface area contributed by atoms with Gasteiger partial charge in [-0.3, -0.25) is 9.69 Å². The van der Waals surface area contributed by atoms with Crippen LogP contribution in [0.5, 0.6) is 5.75 Å². The molecule has 25 heavy (non-hydrogen) atoms. The zero-order valence-corrected chi connectivity index (χ0v) is 14.4. The van der Waals surface area contributed by atoms with Gasteiger partial charge in [-0.05, 0) is 52.8 Å². The molecular weight excluding hydrogens is 314 g/mol. The Kier molecular flexibility index (Phi) is 4.38. The molecule has 2 aromatic rings. The maximum atomic E-state index is 10.7. The number of carbonyl (C=O) groups is 1.